The number of ether oxygens (including phenoxy) is 1. The summed E-state index contributed by atoms with van der Waals surface area (Å²) in [6.45, 7) is 6.22. The third-order valence-electron chi connectivity index (χ3n) is 14.0. The van der Waals surface area contributed by atoms with Gasteiger partial charge in [0.15, 0.2) is 0 Å². The number of carbonyl (C=O) groups excluding carboxylic acids is 4. The number of phenols is 1. The Labute approximate surface area is 338 Å². The highest BCUT2D eigenvalue weighted by atomic mass is 16.5. The number of imide groups is 1. The molecule has 0 unspecified atom stereocenters. The van der Waals surface area contributed by atoms with Crippen LogP contribution in [0.3, 0.4) is 0 Å². The van der Waals surface area contributed by atoms with Crippen LogP contribution in [0.1, 0.15) is 94.1 Å². The number of anilines is 1. The summed E-state index contributed by atoms with van der Waals surface area (Å²) in [6, 6.07) is 28.5. The van der Waals surface area contributed by atoms with Gasteiger partial charge in [-0.15, -0.1) is 0 Å². The van der Waals surface area contributed by atoms with Gasteiger partial charge in [-0.3, -0.25) is 29.4 Å². The summed E-state index contributed by atoms with van der Waals surface area (Å²) in [5.74, 6) is 0.504. The summed E-state index contributed by atoms with van der Waals surface area (Å²) >= 11 is 0. The second-order valence-corrected chi connectivity index (χ2v) is 17.3. The summed E-state index contributed by atoms with van der Waals surface area (Å²) in [4.78, 5) is 59.4. The lowest BCUT2D eigenvalue weighted by Crippen LogP contribution is -2.52. The van der Waals surface area contributed by atoms with Crippen LogP contribution in [0.5, 0.6) is 11.5 Å². The second-order valence-electron chi connectivity index (χ2n) is 17.3. The summed E-state index contributed by atoms with van der Waals surface area (Å²) in [6.07, 6.45) is 5.08. The van der Waals surface area contributed by atoms with Crippen LogP contribution in [-0.4, -0.2) is 88.8 Å². The largest absolute Gasteiger partial charge is 0.508 e. The van der Waals surface area contributed by atoms with E-state index in [1.165, 1.54) is 16.8 Å². The maximum Gasteiger partial charge on any atom is 0.255 e. The van der Waals surface area contributed by atoms with Gasteiger partial charge in [-0.1, -0.05) is 54.6 Å². The fourth-order valence-electron chi connectivity index (χ4n) is 10.6. The van der Waals surface area contributed by atoms with Crippen LogP contribution in [0.25, 0.3) is 0 Å². The molecule has 0 bridgehead atoms. The fourth-order valence-corrected chi connectivity index (χ4v) is 10.6. The third-order valence-corrected chi connectivity index (χ3v) is 14.0. The Kier molecular flexibility index (Phi) is 9.23. The first-order valence-electron chi connectivity index (χ1n) is 20.9. The van der Waals surface area contributed by atoms with Crippen molar-refractivity contribution < 1.29 is 29.0 Å². The van der Waals surface area contributed by atoms with E-state index >= 15 is 0 Å². The highest BCUT2D eigenvalue weighted by Gasteiger charge is 2.42. The first-order valence-corrected chi connectivity index (χ1v) is 20.9. The van der Waals surface area contributed by atoms with E-state index in [0.717, 1.165) is 79.9 Å². The molecule has 4 aromatic rings. The van der Waals surface area contributed by atoms with Gasteiger partial charge in [0, 0.05) is 73.9 Å². The first kappa shape index (κ1) is 36.6. The van der Waals surface area contributed by atoms with E-state index in [0.29, 0.717) is 50.2 Å². The van der Waals surface area contributed by atoms with Crippen molar-refractivity contribution in [2.75, 3.05) is 44.2 Å². The summed E-state index contributed by atoms with van der Waals surface area (Å²) in [7, 11) is 0. The molecule has 3 fully saturated rings. The van der Waals surface area contributed by atoms with Gasteiger partial charge in [-0.2, -0.15) is 0 Å². The summed E-state index contributed by atoms with van der Waals surface area (Å²) in [5, 5.41) is 12.5. The second kappa shape index (κ2) is 14.6. The average Bonchev–Trinajstić information content (AvgIpc) is 3.81. The van der Waals surface area contributed by atoms with Crippen molar-refractivity contribution in [3.05, 3.63) is 124 Å². The quantitative estimate of drug-likeness (QED) is 0.240. The molecule has 3 saturated heterocycles. The van der Waals surface area contributed by atoms with Crippen LogP contribution in [0.4, 0.5) is 5.69 Å². The lowest BCUT2D eigenvalue weighted by molar-refractivity contribution is -0.137. The molecule has 3 atom stereocenters. The standard InChI is InChI=1S/C47H49N5O6/c53-36-10-11-37-41(24-36)58-29-39(30-4-2-1-3-5-30)44(37)31-6-8-35(9-7-31)50-20-16-47(17-21-50)14-18-49(19-15-47)28-43(55)51-25-32-22-34-27-52(40-12-13-42(54)48-45(40)56)46(57)38(34)23-33(32)26-51/h1-11,22-24,39-40,44,53H,12-21,25-29H2,(H,48,54,56)/t39-,40+,44-/m0/s1. The van der Waals surface area contributed by atoms with E-state index in [4.69, 9.17) is 4.74 Å². The molecule has 2 N–H and O–H groups in total. The molecule has 0 aromatic heterocycles. The smallest absolute Gasteiger partial charge is 0.255 e. The van der Waals surface area contributed by atoms with Crippen molar-refractivity contribution in [3.8, 4) is 11.5 Å². The van der Waals surface area contributed by atoms with Crippen LogP contribution >= 0.6 is 0 Å². The van der Waals surface area contributed by atoms with Gasteiger partial charge in [0.25, 0.3) is 5.91 Å². The van der Waals surface area contributed by atoms with Gasteiger partial charge in [0.05, 0.1) is 13.2 Å². The Morgan fingerprint density at radius 1 is 0.793 bits per heavy atom. The van der Waals surface area contributed by atoms with Crippen LogP contribution in [0.15, 0.2) is 84.9 Å². The van der Waals surface area contributed by atoms with Crippen molar-refractivity contribution in [1.82, 2.24) is 20.0 Å². The van der Waals surface area contributed by atoms with E-state index < -0.39 is 11.9 Å². The molecule has 6 heterocycles. The van der Waals surface area contributed by atoms with Crippen LogP contribution in [0.2, 0.25) is 0 Å². The maximum absolute atomic E-state index is 13.6. The van der Waals surface area contributed by atoms with Gasteiger partial charge in [-0.05, 0) is 103 Å². The predicted octanol–water partition coefficient (Wildman–Crippen LogP) is 5.69. The molecule has 4 amide bonds. The predicted molar refractivity (Wildman–Crippen MR) is 217 cm³/mol. The van der Waals surface area contributed by atoms with Crippen molar-refractivity contribution in [1.29, 1.82) is 0 Å². The zero-order valence-electron chi connectivity index (χ0n) is 32.7. The minimum Gasteiger partial charge on any atom is -0.508 e. The number of amides is 4. The number of fused-ring (bicyclic) bond motifs is 3. The number of hydrogen-bond donors (Lipinski definition) is 2. The number of hydrogen-bond acceptors (Lipinski definition) is 8. The number of likely N-dealkylation sites (tertiary alicyclic amines) is 1. The number of piperidine rings is 3. The van der Waals surface area contributed by atoms with Crippen molar-refractivity contribution >= 4 is 29.3 Å². The number of aromatic hydroxyl groups is 1. The highest BCUT2D eigenvalue weighted by Crippen LogP contribution is 2.48. The van der Waals surface area contributed by atoms with E-state index in [1.807, 2.05) is 29.2 Å². The maximum atomic E-state index is 13.6. The Balaban J connectivity index is 0.725. The third kappa shape index (κ3) is 6.68. The number of nitrogens with zero attached hydrogens (tertiary/aromatic N) is 4. The minimum absolute atomic E-state index is 0.120. The van der Waals surface area contributed by atoms with E-state index in [1.54, 1.807) is 17.0 Å². The van der Waals surface area contributed by atoms with Crippen molar-refractivity contribution in [2.45, 2.75) is 76.0 Å². The molecule has 4 aromatic carbocycles. The van der Waals surface area contributed by atoms with E-state index in [9.17, 15) is 24.3 Å². The first-order chi connectivity index (χ1) is 28.2. The topological polar surface area (TPSA) is 123 Å². The fraction of sp³-hybridized carbons (Fsp3) is 0.404. The molecule has 6 aliphatic heterocycles. The summed E-state index contributed by atoms with van der Waals surface area (Å²) in [5.41, 5.74) is 8.71. The Morgan fingerprint density at radius 2 is 1.52 bits per heavy atom. The molecular formula is C47H49N5O6. The molecule has 298 valence electrons. The molecule has 0 radical (unpaired) electrons. The molecule has 0 aliphatic carbocycles. The SMILES string of the molecule is O=C1CC[C@@H](N2Cc3cc4c(cc3C2=O)CN(C(=O)CN2CCC3(CC2)CCN(c2ccc([C@H]5c6ccc(O)cc6OC[C@H]5c5ccccc5)cc2)CC3)C4)C(=O)N1. The van der Waals surface area contributed by atoms with E-state index in [2.05, 4.69) is 63.6 Å². The monoisotopic (exact) mass is 779 g/mol. The van der Waals surface area contributed by atoms with Gasteiger partial charge in [-0.25, -0.2) is 0 Å². The summed E-state index contributed by atoms with van der Waals surface area (Å²) < 4.78 is 6.18. The van der Waals surface area contributed by atoms with Crippen LogP contribution in [0, 0.1) is 5.41 Å². The normalized spacial score (nSPS) is 24.0. The van der Waals surface area contributed by atoms with Gasteiger partial charge >= 0.3 is 0 Å². The highest BCUT2D eigenvalue weighted by molar-refractivity contribution is 6.05. The van der Waals surface area contributed by atoms with Crippen molar-refractivity contribution in [2.24, 2.45) is 5.41 Å². The lowest BCUT2D eigenvalue weighted by atomic mass is 9.71. The lowest BCUT2D eigenvalue weighted by Gasteiger charge is -2.47. The minimum atomic E-state index is -0.631. The molecule has 1 spiro atoms. The molecule has 58 heavy (non-hydrogen) atoms. The molecule has 11 nitrogen and oxygen atoms in total. The van der Waals surface area contributed by atoms with Gasteiger partial charge in [0.1, 0.15) is 17.5 Å². The zero-order valence-corrected chi connectivity index (χ0v) is 32.7. The van der Waals surface area contributed by atoms with Gasteiger partial charge in [0.2, 0.25) is 17.7 Å². The Hall–Kier alpha value is -5.68. The van der Waals surface area contributed by atoms with Crippen LogP contribution in [-0.2, 0) is 34.0 Å². The number of phenolic OH excluding ortho intramolecular Hbond substituents is 1. The van der Waals surface area contributed by atoms with Gasteiger partial charge < -0.3 is 24.5 Å². The van der Waals surface area contributed by atoms with E-state index in [-0.39, 0.29) is 41.7 Å². The Morgan fingerprint density at radius 3 is 2.26 bits per heavy atom. The number of benzene rings is 4. The number of nitrogens with one attached hydrogen (secondary N) is 1. The molecular weight excluding hydrogens is 731 g/mol. The van der Waals surface area contributed by atoms with Crippen molar-refractivity contribution in [3.63, 3.8) is 0 Å². The number of carbonyl (C=O) groups is 4. The molecule has 10 rings (SSSR count). The average molecular weight is 780 g/mol. The molecule has 0 saturated carbocycles. The molecule has 6 aliphatic rings. The van der Waals surface area contributed by atoms with Crippen LogP contribution < -0.4 is 15.0 Å². The number of rotatable bonds is 6. The molecule has 11 heteroatoms. The Bertz CT molecular complexity index is 2280. The zero-order chi connectivity index (χ0) is 39.5.